The summed E-state index contributed by atoms with van der Waals surface area (Å²) in [6, 6.07) is 12.6. The number of aryl methyl sites for hydroxylation is 1. The zero-order valence-corrected chi connectivity index (χ0v) is 13.2. The summed E-state index contributed by atoms with van der Waals surface area (Å²) < 4.78 is 0. The molecule has 1 aliphatic carbocycles. The topological polar surface area (TPSA) is 25.8 Å². The molecule has 1 heterocycles. The summed E-state index contributed by atoms with van der Waals surface area (Å²) in [5.41, 5.74) is 2.30. The number of hydrogen-bond donors (Lipinski definition) is 0. The Morgan fingerprint density at radius 1 is 1.05 bits per heavy atom. The van der Waals surface area contributed by atoms with Crippen LogP contribution in [-0.2, 0) is 11.8 Å². The van der Waals surface area contributed by atoms with E-state index >= 15 is 0 Å². The first-order chi connectivity index (χ1) is 10.2. The maximum Gasteiger partial charge on any atom is 0.140 e. The third kappa shape index (κ3) is 2.82. The Morgan fingerprint density at radius 2 is 1.76 bits per heavy atom. The van der Waals surface area contributed by atoms with Gasteiger partial charge in [0.25, 0.3) is 0 Å². The lowest BCUT2D eigenvalue weighted by atomic mass is 9.68. The largest absolute Gasteiger partial charge is 0.237 e. The Balaban J connectivity index is 2.14. The molecular weight excluding hydrogens is 280 g/mol. The molecule has 0 saturated heterocycles. The van der Waals surface area contributed by atoms with E-state index in [1.54, 1.807) is 0 Å². The molecule has 1 aromatic heterocycles. The number of nitrogens with zero attached hydrogens (tertiary/aromatic N) is 2. The van der Waals surface area contributed by atoms with Gasteiger partial charge in [0.2, 0.25) is 0 Å². The summed E-state index contributed by atoms with van der Waals surface area (Å²) in [5.74, 6) is 0.915. The Morgan fingerprint density at radius 3 is 2.43 bits per heavy atom. The Labute approximate surface area is 131 Å². The molecule has 1 aromatic carbocycles. The van der Waals surface area contributed by atoms with Crippen molar-refractivity contribution < 1.29 is 0 Å². The van der Waals surface area contributed by atoms with Crippen molar-refractivity contribution in [3.8, 4) is 0 Å². The summed E-state index contributed by atoms with van der Waals surface area (Å²) in [4.78, 5) is 9.44. The summed E-state index contributed by atoms with van der Waals surface area (Å²) in [7, 11) is 0. The molecule has 3 rings (SSSR count). The van der Waals surface area contributed by atoms with E-state index in [0.717, 1.165) is 30.8 Å². The molecule has 3 heteroatoms. The van der Waals surface area contributed by atoms with Gasteiger partial charge < -0.3 is 0 Å². The van der Waals surface area contributed by atoms with Crippen LogP contribution in [-0.4, -0.2) is 9.97 Å². The molecule has 0 bridgehead atoms. The zero-order chi connectivity index (χ0) is 14.7. The molecule has 0 unspecified atom stereocenters. The van der Waals surface area contributed by atoms with Crippen LogP contribution in [0, 0.1) is 0 Å². The molecule has 0 aliphatic heterocycles. The van der Waals surface area contributed by atoms with Gasteiger partial charge in [0, 0.05) is 5.69 Å². The van der Waals surface area contributed by atoms with E-state index in [0.29, 0.717) is 5.15 Å². The van der Waals surface area contributed by atoms with Gasteiger partial charge in [0.1, 0.15) is 11.0 Å². The van der Waals surface area contributed by atoms with Gasteiger partial charge in [0.15, 0.2) is 0 Å². The van der Waals surface area contributed by atoms with Gasteiger partial charge in [-0.25, -0.2) is 9.97 Å². The van der Waals surface area contributed by atoms with Gasteiger partial charge in [-0.05, 0) is 30.9 Å². The number of rotatable bonds is 3. The van der Waals surface area contributed by atoms with Crippen LogP contribution in [0.5, 0.6) is 0 Å². The van der Waals surface area contributed by atoms with Crippen molar-refractivity contribution in [2.75, 3.05) is 0 Å². The molecule has 1 fully saturated rings. The lowest BCUT2D eigenvalue weighted by Gasteiger charge is -2.36. The van der Waals surface area contributed by atoms with Gasteiger partial charge in [-0.3, -0.25) is 0 Å². The predicted molar refractivity (Wildman–Crippen MR) is 86.7 cm³/mol. The predicted octanol–water partition coefficient (Wildman–Crippen LogP) is 4.94. The standard InChI is InChI=1S/C18H21ClN2/c1-2-15-13-16(19)21-17(20-15)18(11-7-4-8-12-18)14-9-5-3-6-10-14/h3,5-6,9-10,13H,2,4,7-8,11-12H2,1H3. The SMILES string of the molecule is CCc1cc(Cl)nc(C2(c3ccccc3)CCCCC2)n1. The summed E-state index contributed by atoms with van der Waals surface area (Å²) >= 11 is 6.25. The van der Waals surface area contributed by atoms with Gasteiger partial charge >= 0.3 is 0 Å². The van der Waals surface area contributed by atoms with Crippen molar-refractivity contribution in [1.82, 2.24) is 9.97 Å². The molecule has 1 aliphatic rings. The lowest BCUT2D eigenvalue weighted by molar-refractivity contribution is 0.329. The van der Waals surface area contributed by atoms with E-state index in [1.807, 2.05) is 6.07 Å². The average molecular weight is 301 g/mol. The highest BCUT2D eigenvalue weighted by Crippen LogP contribution is 2.43. The van der Waals surface area contributed by atoms with Crippen LogP contribution < -0.4 is 0 Å². The minimum absolute atomic E-state index is 0.0612. The highest BCUT2D eigenvalue weighted by atomic mass is 35.5. The van der Waals surface area contributed by atoms with E-state index in [-0.39, 0.29) is 5.41 Å². The molecule has 110 valence electrons. The first kappa shape index (κ1) is 14.5. The van der Waals surface area contributed by atoms with Gasteiger partial charge in [0.05, 0.1) is 5.41 Å². The Bertz CT molecular complexity index is 604. The highest BCUT2D eigenvalue weighted by Gasteiger charge is 2.38. The summed E-state index contributed by atoms with van der Waals surface area (Å²) in [6.07, 6.45) is 6.87. The van der Waals surface area contributed by atoms with Crippen LogP contribution in [0.15, 0.2) is 36.4 Å². The third-order valence-corrected chi connectivity index (χ3v) is 4.77. The van der Waals surface area contributed by atoms with Crippen molar-refractivity contribution in [2.24, 2.45) is 0 Å². The van der Waals surface area contributed by atoms with Crippen molar-refractivity contribution in [3.05, 3.63) is 58.6 Å². The van der Waals surface area contributed by atoms with E-state index in [1.165, 1.54) is 24.8 Å². The van der Waals surface area contributed by atoms with Crippen molar-refractivity contribution in [1.29, 1.82) is 0 Å². The van der Waals surface area contributed by atoms with Crippen molar-refractivity contribution in [2.45, 2.75) is 50.9 Å². The first-order valence-electron chi connectivity index (χ1n) is 7.84. The highest BCUT2D eigenvalue weighted by molar-refractivity contribution is 6.29. The van der Waals surface area contributed by atoms with E-state index < -0.39 is 0 Å². The minimum Gasteiger partial charge on any atom is -0.237 e. The number of hydrogen-bond acceptors (Lipinski definition) is 2. The van der Waals surface area contributed by atoms with Crippen molar-refractivity contribution in [3.63, 3.8) is 0 Å². The Kier molecular flexibility index (Phi) is 4.25. The van der Waals surface area contributed by atoms with Crippen LogP contribution in [0.3, 0.4) is 0 Å². The average Bonchev–Trinajstić information content (AvgIpc) is 2.55. The van der Waals surface area contributed by atoms with E-state index in [9.17, 15) is 0 Å². The molecule has 0 amide bonds. The molecule has 0 spiro atoms. The minimum atomic E-state index is -0.0612. The second-order valence-corrected chi connectivity index (χ2v) is 6.26. The maximum absolute atomic E-state index is 6.25. The fourth-order valence-electron chi connectivity index (χ4n) is 3.41. The molecular formula is C18H21ClN2. The van der Waals surface area contributed by atoms with Crippen LogP contribution >= 0.6 is 11.6 Å². The number of halogens is 1. The van der Waals surface area contributed by atoms with E-state index in [2.05, 4.69) is 42.2 Å². The lowest BCUT2D eigenvalue weighted by Crippen LogP contribution is -2.33. The van der Waals surface area contributed by atoms with Crippen LogP contribution in [0.25, 0.3) is 0 Å². The fraction of sp³-hybridized carbons (Fsp3) is 0.444. The molecule has 1 saturated carbocycles. The number of benzene rings is 1. The maximum atomic E-state index is 6.25. The molecule has 0 atom stereocenters. The second kappa shape index (κ2) is 6.15. The molecule has 0 radical (unpaired) electrons. The second-order valence-electron chi connectivity index (χ2n) is 5.87. The monoisotopic (exact) mass is 300 g/mol. The van der Waals surface area contributed by atoms with Gasteiger partial charge in [-0.2, -0.15) is 0 Å². The Hall–Kier alpha value is -1.41. The van der Waals surface area contributed by atoms with Crippen LogP contribution in [0.2, 0.25) is 5.15 Å². The van der Waals surface area contributed by atoms with Crippen LogP contribution in [0.4, 0.5) is 0 Å². The molecule has 2 aromatic rings. The smallest absolute Gasteiger partial charge is 0.140 e. The van der Waals surface area contributed by atoms with Gasteiger partial charge in [-0.1, -0.05) is 68.1 Å². The third-order valence-electron chi connectivity index (χ3n) is 4.57. The molecule has 0 N–H and O–H groups in total. The molecule has 21 heavy (non-hydrogen) atoms. The van der Waals surface area contributed by atoms with Gasteiger partial charge in [-0.15, -0.1) is 0 Å². The molecule has 2 nitrogen and oxygen atoms in total. The zero-order valence-electron chi connectivity index (χ0n) is 12.5. The first-order valence-corrected chi connectivity index (χ1v) is 8.22. The van der Waals surface area contributed by atoms with Crippen LogP contribution in [0.1, 0.15) is 56.1 Å². The fourth-order valence-corrected chi connectivity index (χ4v) is 3.62. The normalized spacial score (nSPS) is 17.6. The van der Waals surface area contributed by atoms with Crippen molar-refractivity contribution >= 4 is 11.6 Å². The quantitative estimate of drug-likeness (QED) is 0.750. The summed E-state index contributed by atoms with van der Waals surface area (Å²) in [5, 5.41) is 0.567. The van der Waals surface area contributed by atoms with E-state index in [4.69, 9.17) is 16.6 Å². The summed E-state index contributed by atoms with van der Waals surface area (Å²) in [6.45, 7) is 2.11. The number of aromatic nitrogens is 2.